The summed E-state index contributed by atoms with van der Waals surface area (Å²) >= 11 is 0. The molecule has 1 N–H and O–H groups in total. The van der Waals surface area contributed by atoms with Gasteiger partial charge in [-0.05, 0) is 94.9 Å². The molecule has 0 aliphatic carbocycles. The third-order valence-corrected chi connectivity index (χ3v) is 3.27. The highest BCUT2D eigenvalue weighted by Crippen LogP contribution is 2.33. The van der Waals surface area contributed by atoms with E-state index in [4.69, 9.17) is 24.8 Å². The predicted molar refractivity (Wildman–Crippen MR) is 126 cm³/mol. The van der Waals surface area contributed by atoms with Gasteiger partial charge in [-0.1, -0.05) is 32.6 Å². The van der Waals surface area contributed by atoms with E-state index in [0.717, 1.165) is 0 Å². The lowest BCUT2D eigenvalue weighted by atomic mass is 9.76. The van der Waals surface area contributed by atoms with Crippen LogP contribution in [0.2, 0.25) is 0 Å². The molecule has 0 amide bonds. The van der Waals surface area contributed by atoms with Crippen molar-refractivity contribution < 1.29 is 34.5 Å². The Morgan fingerprint density at radius 3 is 1.16 bits per heavy atom. The summed E-state index contributed by atoms with van der Waals surface area (Å²) in [5.41, 5.74) is -2.77. The minimum Gasteiger partial charge on any atom is -0.300 e. The smallest absolute Gasteiger partial charge is 0.300 e. The number of hydrogen-bond donors (Lipinski definition) is 1. The molecule has 0 saturated heterocycles. The minimum absolute atomic E-state index is 0.0533. The van der Waals surface area contributed by atoms with Gasteiger partial charge in [0.05, 0.1) is 16.6 Å². The Labute approximate surface area is 196 Å². The van der Waals surface area contributed by atoms with Gasteiger partial charge in [-0.2, -0.15) is 5.26 Å². The summed E-state index contributed by atoms with van der Waals surface area (Å²) < 4.78 is 0. The van der Waals surface area contributed by atoms with Gasteiger partial charge >= 0.3 is 5.97 Å². The van der Waals surface area contributed by atoms with Crippen molar-refractivity contribution in [1.29, 1.82) is 0 Å². The quantitative estimate of drug-likeness (QED) is 0.275. The van der Waals surface area contributed by atoms with Crippen molar-refractivity contribution in [3.63, 3.8) is 0 Å². The molecule has 0 heterocycles. The van der Waals surface area contributed by atoms with Crippen LogP contribution in [0, 0.1) is 22.7 Å². The first-order chi connectivity index (χ1) is 13.8. The molecule has 0 aromatic rings. The Morgan fingerprint density at radius 2 is 0.938 bits per heavy atom. The van der Waals surface area contributed by atoms with E-state index in [2.05, 4.69) is 16.7 Å². The monoisotopic (exact) mass is 460 g/mol. The van der Waals surface area contributed by atoms with Crippen molar-refractivity contribution in [2.45, 2.75) is 133 Å². The normalized spacial score (nSPS) is 13.5. The third-order valence-electron chi connectivity index (χ3n) is 3.27. The molecule has 0 atom stereocenters. The first-order valence-corrected chi connectivity index (χ1v) is 10.9. The van der Waals surface area contributed by atoms with Gasteiger partial charge in [0.25, 0.3) is 0 Å². The summed E-state index contributed by atoms with van der Waals surface area (Å²) in [5.74, 6) is 5.44. The summed E-state index contributed by atoms with van der Waals surface area (Å²) in [4.78, 5) is 36.1. The zero-order chi connectivity index (χ0) is 26.2. The molecule has 0 radical (unpaired) electrons. The van der Waals surface area contributed by atoms with E-state index in [1.54, 1.807) is 13.8 Å². The molecule has 0 spiro atoms. The number of rotatable bonds is 6. The molecule has 0 aromatic heterocycles. The standard InChI is InChI=1S/C16H30O4.C9H18O3/c1-13(2,3)17-19-15(7,8)11-12-16(9,10)20-18-14(4,5)6;1-8(2,3)6-9(4,5)7(10)12-11/h1-10H3;11H,6H2,1-5H3. The van der Waals surface area contributed by atoms with Crippen LogP contribution in [0.15, 0.2) is 0 Å². The van der Waals surface area contributed by atoms with E-state index in [9.17, 15) is 4.79 Å². The Morgan fingerprint density at radius 1 is 0.625 bits per heavy atom. The van der Waals surface area contributed by atoms with Crippen molar-refractivity contribution in [2.75, 3.05) is 0 Å². The average molecular weight is 461 g/mol. The second kappa shape index (κ2) is 11.8. The highest BCUT2D eigenvalue weighted by Gasteiger charge is 2.34. The van der Waals surface area contributed by atoms with E-state index >= 15 is 0 Å². The van der Waals surface area contributed by atoms with Gasteiger partial charge in [-0.3, -0.25) is 0 Å². The highest BCUT2D eigenvalue weighted by molar-refractivity contribution is 5.75. The fraction of sp³-hybridized carbons (Fsp3) is 0.880. The third kappa shape index (κ3) is 19.5. The molecule has 0 rings (SSSR count). The van der Waals surface area contributed by atoms with Crippen LogP contribution in [-0.2, 0) is 29.2 Å². The topological polar surface area (TPSA) is 83.5 Å². The van der Waals surface area contributed by atoms with Crippen LogP contribution in [0.5, 0.6) is 0 Å². The van der Waals surface area contributed by atoms with Crippen molar-refractivity contribution in [3.8, 4) is 11.8 Å². The van der Waals surface area contributed by atoms with E-state index in [1.807, 2.05) is 90.0 Å². The maximum atomic E-state index is 11.0. The summed E-state index contributed by atoms with van der Waals surface area (Å²) in [6.45, 7) is 28.5. The summed E-state index contributed by atoms with van der Waals surface area (Å²) in [5, 5.41) is 8.22. The van der Waals surface area contributed by atoms with Crippen LogP contribution in [-0.4, -0.2) is 33.6 Å². The lowest BCUT2D eigenvalue weighted by Crippen LogP contribution is -2.32. The van der Waals surface area contributed by atoms with Gasteiger partial charge in [-0.15, -0.1) is 0 Å². The molecule has 0 bridgehead atoms. The molecule has 0 unspecified atom stereocenters. The Kier molecular flexibility index (Phi) is 12.2. The zero-order valence-corrected chi connectivity index (χ0v) is 23.1. The Hall–Kier alpha value is -1.17. The Bertz CT molecular complexity index is 596. The number of carbonyl (C=O) groups is 1. The first kappa shape index (κ1) is 33.0. The van der Waals surface area contributed by atoms with Gasteiger partial charge in [0.1, 0.15) is 0 Å². The van der Waals surface area contributed by atoms with Gasteiger partial charge in [0, 0.05) is 0 Å². The second-order valence-corrected chi connectivity index (χ2v) is 12.8. The maximum absolute atomic E-state index is 11.0. The number of carbonyl (C=O) groups excluding carboxylic acids is 1. The minimum atomic E-state index is -0.727. The van der Waals surface area contributed by atoms with Crippen LogP contribution >= 0.6 is 0 Å². The molecular formula is C25H48O7. The Balaban J connectivity index is 0. The van der Waals surface area contributed by atoms with Gasteiger partial charge in [0.2, 0.25) is 0 Å². The van der Waals surface area contributed by atoms with E-state index in [1.165, 1.54) is 0 Å². The predicted octanol–water partition coefficient (Wildman–Crippen LogP) is 6.51. The van der Waals surface area contributed by atoms with Crippen molar-refractivity contribution in [1.82, 2.24) is 0 Å². The van der Waals surface area contributed by atoms with Crippen LogP contribution in [0.1, 0.15) is 110 Å². The van der Waals surface area contributed by atoms with E-state index in [-0.39, 0.29) is 16.6 Å². The second-order valence-electron chi connectivity index (χ2n) is 12.8. The van der Waals surface area contributed by atoms with Crippen molar-refractivity contribution >= 4 is 5.97 Å². The van der Waals surface area contributed by atoms with Crippen LogP contribution in [0.25, 0.3) is 0 Å². The molecule has 190 valence electrons. The lowest BCUT2D eigenvalue weighted by molar-refractivity contribution is -0.386. The molecule has 0 aromatic carbocycles. The van der Waals surface area contributed by atoms with Crippen molar-refractivity contribution in [2.24, 2.45) is 10.8 Å². The number of hydrogen-bond acceptors (Lipinski definition) is 7. The molecule has 7 nitrogen and oxygen atoms in total. The fourth-order valence-electron chi connectivity index (χ4n) is 2.32. The zero-order valence-electron chi connectivity index (χ0n) is 23.1. The molecule has 0 aliphatic heterocycles. The molecule has 0 fully saturated rings. The maximum Gasteiger partial charge on any atom is 0.347 e. The summed E-state index contributed by atoms with van der Waals surface area (Å²) in [6.07, 6.45) is 0.680. The van der Waals surface area contributed by atoms with Gasteiger partial charge < -0.3 is 4.89 Å². The average Bonchev–Trinajstić information content (AvgIpc) is 2.54. The molecule has 7 heteroatoms. The van der Waals surface area contributed by atoms with Gasteiger partial charge in [-0.25, -0.2) is 24.3 Å². The largest absolute Gasteiger partial charge is 0.347 e. The van der Waals surface area contributed by atoms with Crippen LogP contribution in [0.3, 0.4) is 0 Å². The van der Waals surface area contributed by atoms with Gasteiger partial charge in [0.15, 0.2) is 11.2 Å². The van der Waals surface area contributed by atoms with E-state index < -0.39 is 22.6 Å². The molecule has 0 aliphatic rings. The molecular weight excluding hydrogens is 412 g/mol. The molecule has 0 saturated carbocycles. The SMILES string of the molecule is CC(C)(C)CC(C)(C)C(=O)OO.CC(C)(C)OOC(C)(C)C#CC(C)(C)OOC(C)(C)C. The summed E-state index contributed by atoms with van der Waals surface area (Å²) in [6, 6.07) is 0. The van der Waals surface area contributed by atoms with Crippen molar-refractivity contribution in [3.05, 3.63) is 0 Å². The van der Waals surface area contributed by atoms with Crippen LogP contribution < -0.4 is 0 Å². The first-order valence-electron chi connectivity index (χ1n) is 10.9. The van der Waals surface area contributed by atoms with Crippen LogP contribution in [0.4, 0.5) is 0 Å². The fourth-order valence-corrected chi connectivity index (χ4v) is 2.32. The highest BCUT2D eigenvalue weighted by atomic mass is 17.2. The summed E-state index contributed by atoms with van der Waals surface area (Å²) in [7, 11) is 0. The molecule has 32 heavy (non-hydrogen) atoms. The van der Waals surface area contributed by atoms with E-state index in [0.29, 0.717) is 6.42 Å². The lowest BCUT2D eigenvalue weighted by Gasteiger charge is -2.28.